The number of guanidine groups is 1. The second-order valence-electron chi connectivity index (χ2n) is 5.31. The first kappa shape index (κ1) is 15.4. The molecule has 0 spiro atoms. The van der Waals surface area contributed by atoms with Gasteiger partial charge in [0.25, 0.3) is 0 Å². The molecule has 2 rings (SSSR count). The molecule has 4 nitrogen and oxygen atoms in total. The average molecular weight is 290 g/mol. The van der Waals surface area contributed by atoms with E-state index in [0.717, 1.165) is 35.4 Å². The van der Waals surface area contributed by atoms with Crippen LogP contribution in [0, 0.1) is 5.82 Å². The Morgan fingerprint density at radius 1 is 1.38 bits per heavy atom. The first-order chi connectivity index (χ1) is 10.1. The third-order valence-electron chi connectivity index (χ3n) is 3.15. The van der Waals surface area contributed by atoms with E-state index in [4.69, 9.17) is 0 Å². The fourth-order valence-corrected chi connectivity index (χ4v) is 2.25. The smallest absolute Gasteiger partial charge is 0.191 e. The number of aromatic nitrogens is 1. The molecule has 0 aliphatic carbocycles. The van der Waals surface area contributed by atoms with Gasteiger partial charge < -0.3 is 15.6 Å². The zero-order valence-electron chi connectivity index (χ0n) is 12.8. The van der Waals surface area contributed by atoms with Crippen LogP contribution < -0.4 is 10.6 Å². The molecule has 114 valence electrons. The topological polar surface area (TPSA) is 52.2 Å². The number of fused-ring (bicyclic) bond motifs is 1. The summed E-state index contributed by atoms with van der Waals surface area (Å²) in [5.74, 6) is 0.614. The first-order valence-electron chi connectivity index (χ1n) is 7.40. The standard InChI is InChI=1S/C16H23FN4/c1-4-18-16(21-11(2)3)19-8-7-12-10-20-15-9-13(17)5-6-14(12)15/h5-6,9-11,20H,4,7-8H2,1-3H3,(H2,18,19,21). The first-order valence-corrected chi connectivity index (χ1v) is 7.40. The minimum Gasteiger partial charge on any atom is -0.361 e. The molecule has 2 aromatic rings. The SMILES string of the molecule is CCNC(=NCCc1c[nH]c2cc(F)ccc12)NC(C)C. The van der Waals surface area contributed by atoms with Crippen LogP contribution in [-0.2, 0) is 6.42 Å². The van der Waals surface area contributed by atoms with Crippen LogP contribution in [0.25, 0.3) is 10.9 Å². The molecular weight excluding hydrogens is 267 g/mol. The summed E-state index contributed by atoms with van der Waals surface area (Å²) in [6, 6.07) is 5.18. The van der Waals surface area contributed by atoms with E-state index in [1.165, 1.54) is 12.1 Å². The average Bonchev–Trinajstić information content (AvgIpc) is 2.80. The van der Waals surface area contributed by atoms with E-state index in [2.05, 4.69) is 34.5 Å². The molecule has 1 heterocycles. The van der Waals surface area contributed by atoms with Gasteiger partial charge in [-0.3, -0.25) is 4.99 Å². The van der Waals surface area contributed by atoms with Crippen molar-refractivity contribution in [2.24, 2.45) is 4.99 Å². The Balaban J connectivity index is 2.03. The van der Waals surface area contributed by atoms with Gasteiger partial charge in [-0.1, -0.05) is 0 Å². The fraction of sp³-hybridized carbons (Fsp3) is 0.438. The van der Waals surface area contributed by atoms with Crippen LogP contribution in [0.15, 0.2) is 29.4 Å². The van der Waals surface area contributed by atoms with Crippen LogP contribution in [0.5, 0.6) is 0 Å². The maximum Gasteiger partial charge on any atom is 0.191 e. The maximum absolute atomic E-state index is 13.2. The quantitative estimate of drug-likeness (QED) is 0.586. The number of rotatable bonds is 5. The second kappa shape index (κ2) is 7.11. The van der Waals surface area contributed by atoms with Crippen molar-refractivity contribution in [3.63, 3.8) is 0 Å². The third-order valence-corrected chi connectivity index (χ3v) is 3.15. The Kier molecular flexibility index (Phi) is 5.20. The van der Waals surface area contributed by atoms with Gasteiger partial charge in [-0.2, -0.15) is 0 Å². The van der Waals surface area contributed by atoms with Crippen LogP contribution in [0.1, 0.15) is 26.3 Å². The molecule has 0 radical (unpaired) electrons. The minimum absolute atomic E-state index is 0.218. The predicted molar refractivity (Wildman–Crippen MR) is 86.2 cm³/mol. The van der Waals surface area contributed by atoms with Crippen molar-refractivity contribution in [2.75, 3.05) is 13.1 Å². The van der Waals surface area contributed by atoms with Gasteiger partial charge in [0, 0.05) is 36.2 Å². The van der Waals surface area contributed by atoms with Crippen molar-refractivity contribution in [1.82, 2.24) is 15.6 Å². The monoisotopic (exact) mass is 290 g/mol. The van der Waals surface area contributed by atoms with Crippen LogP contribution in [0.3, 0.4) is 0 Å². The van der Waals surface area contributed by atoms with Crippen molar-refractivity contribution < 1.29 is 4.39 Å². The Morgan fingerprint density at radius 2 is 2.19 bits per heavy atom. The molecule has 1 aromatic carbocycles. The summed E-state index contributed by atoms with van der Waals surface area (Å²) in [7, 11) is 0. The van der Waals surface area contributed by atoms with Crippen molar-refractivity contribution >= 4 is 16.9 Å². The van der Waals surface area contributed by atoms with Crippen molar-refractivity contribution in [1.29, 1.82) is 0 Å². The van der Waals surface area contributed by atoms with E-state index in [1.807, 2.05) is 19.2 Å². The van der Waals surface area contributed by atoms with Gasteiger partial charge in [0.15, 0.2) is 5.96 Å². The summed E-state index contributed by atoms with van der Waals surface area (Å²) < 4.78 is 13.2. The van der Waals surface area contributed by atoms with Gasteiger partial charge in [0.1, 0.15) is 5.82 Å². The molecule has 21 heavy (non-hydrogen) atoms. The van der Waals surface area contributed by atoms with E-state index in [0.29, 0.717) is 12.6 Å². The van der Waals surface area contributed by atoms with E-state index >= 15 is 0 Å². The Labute approximate surface area is 124 Å². The lowest BCUT2D eigenvalue weighted by Gasteiger charge is -2.13. The van der Waals surface area contributed by atoms with Gasteiger partial charge >= 0.3 is 0 Å². The van der Waals surface area contributed by atoms with Gasteiger partial charge in [0.2, 0.25) is 0 Å². The molecule has 3 N–H and O–H groups in total. The van der Waals surface area contributed by atoms with Gasteiger partial charge in [-0.15, -0.1) is 0 Å². The lowest BCUT2D eigenvalue weighted by Crippen LogP contribution is -2.41. The van der Waals surface area contributed by atoms with E-state index in [1.54, 1.807) is 0 Å². The largest absolute Gasteiger partial charge is 0.361 e. The molecule has 0 fully saturated rings. The molecule has 0 saturated heterocycles. The van der Waals surface area contributed by atoms with Crippen molar-refractivity contribution in [3.8, 4) is 0 Å². The summed E-state index contributed by atoms with van der Waals surface area (Å²) in [6.45, 7) is 7.74. The number of aliphatic imine (C=N–C) groups is 1. The zero-order valence-corrected chi connectivity index (χ0v) is 12.8. The summed E-state index contributed by atoms with van der Waals surface area (Å²) in [4.78, 5) is 7.66. The molecule has 0 unspecified atom stereocenters. The van der Waals surface area contributed by atoms with Crippen LogP contribution >= 0.6 is 0 Å². The Morgan fingerprint density at radius 3 is 2.90 bits per heavy atom. The number of halogens is 1. The summed E-state index contributed by atoms with van der Waals surface area (Å²) in [6.07, 6.45) is 2.75. The minimum atomic E-state index is -0.218. The molecule has 0 saturated carbocycles. The molecule has 5 heteroatoms. The Bertz CT molecular complexity index is 616. The number of hydrogen-bond acceptors (Lipinski definition) is 1. The highest BCUT2D eigenvalue weighted by atomic mass is 19.1. The van der Waals surface area contributed by atoms with E-state index in [-0.39, 0.29) is 5.82 Å². The molecular formula is C16H23FN4. The highest BCUT2D eigenvalue weighted by Gasteiger charge is 2.05. The molecule has 0 aliphatic rings. The zero-order chi connectivity index (χ0) is 15.2. The molecule has 0 bridgehead atoms. The van der Waals surface area contributed by atoms with Crippen LogP contribution in [-0.4, -0.2) is 30.1 Å². The van der Waals surface area contributed by atoms with Crippen LogP contribution in [0.4, 0.5) is 4.39 Å². The normalized spacial score (nSPS) is 12.1. The predicted octanol–water partition coefficient (Wildman–Crippen LogP) is 2.81. The molecule has 0 amide bonds. The second-order valence-corrected chi connectivity index (χ2v) is 5.31. The fourth-order valence-electron chi connectivity index (χ4n) is 2.25. The molecule has 0 aliphatic heterocycles. The highest BCUT2D eigenvalue weighted by Crippen LogP contribution is 2.19. The highest BCUT2D eigenvalue weighted by molar-refractivity contribution is 5.83. The number of benzene rings is 1. The van der Waals surface area contributed by atoms with Crippen molar-refractivity contribution in [3.05, 3.63) is 35.8 Å². The van der Waals surface area contributed by atoms with E-state index < -0.39 is 0 Å². The van der Waals surface area contributed by atoms with Crippen LogP contribution in [0.2, 0.25) is 0 Å². The lowest BCUT2D eigenvalue weighted by molar-refractivity contribution is 0.629. The molecule has 1 aromatic heterocycles. The number of nitrogens with one attached hydrogen (secondary N) is 3. The third kappa shape index (κ3) is 4.21. The number of hydrogen-bond donors (Lipinski definition) is 3. The van der Waals surface area contributed by atoms with E-state index in [9.17, 15) is 4.39 Å². The number of aromatic amines is 1. The maximum atomic E-state index is 13.2. The van der Waals surface area contributed by atoms with Crippen molar-refractivity contribution in [2.45, 2.75) is 33.2 Å². The van der Waals surface area contributed by atoms with Gasteiger partial charge in [-0.25, -0.2) is 4.39 Å². The lowest BCUT2D eigenvalue weighted by atomic mass is 10.1. The Hall–Kier alpha value is -2.04. The van der Waals surface area contributed by atoms with Gasteiger partial charge in [0.05, 0.1) is 0 Å². The number of H-pyrrole nitrogens is 1. The summed E-state index contributed by atoms with van der Waals surface area (Å²) >= 11 is 0. The summed E-state index contributed by atoms with van der Waals surface area (Å²) in [5.41, 5.74) is 2.00. The number of nitrogens with zero attached hydrogens (tertiary/aromatic N) is 1. The van der Waals surface area contributed by atoms with Gasteiger partial charge in [-0.05, 0) is 51.0 Å². The molecule has 0 atom stereocenters. The summed E-state index contributed by atoms with van der Waals surface area (Å²) in [5, 5.41) is 7.57.